The Hall–Kier alpha value is -1.68. The molecule has 98 valence electrons. The molecule has 0 aliphatic carbocycles. The largest absolute Gasteiger partial charge is 0.322 e. The maximum absolute atomic E-state index is 12.2. The van der Waals surface area contributed by atoms with E-state index in [1.165, 1.54) is 0 Å². The number of para-hydroxylation sites is 1. The average molecular weight is 319 g/mol. The number of aromatic nitrogens is 1. The van der Waals surface area contributed by atoms with Crippen molar-refractivity contribution in [1.82, 2.24) is 4.98 Å². The van der Waals surface area contributed by atoms with Gasteiger partial charge in [-0.05, 0) is 39.5 Å². The van der Waals surface area contributed by atoms with Crippen LogP contribution in [0.5, 0.6) is 0 Å². The number of hydrogen-bond acceptors (Lipinski definition) is 2. The van der Waals surface area contributed by atoms with Gasteiger partial charge >= 0.3 is 0 Å². The SMILES string of the molecule is CC(C)c1ccccc1NC(=O)c1cncc(Br)c1. The lowest BCUT2D eigenvalue weighted by Crippen LogP contribution is -2.13. The third-order valence-electron chi connectivity index (χ3n) is 2.80. The highest BCUT2D eigenvalue weighted by Crippen LogP contribution is 2.24. The molecule has 0 fully saturated rings. The Kier molecular flexibility index (Phi) is 4.32. The molecule has 0 radical (unpaired) electrons. The standard InChI is InChI=1S/C15H15BrN2O/c1-10(2)13-5-3-4-6-14(13)18-15(19)11-7-12(16)9-17-8-11/h3-10H,1-2H3,(H,18,19). The van der Waals surface area contributed by atoms with Gasteiger partial charge in [-0.15, -0.1) is 0 Å². The predicted octanol–water partition coefficient (Wildman–Crippen LogP) is 4.22. The van der Waals surface area contributed by atoms with E-state index in [0.29, 0.717) is 11.5 Å². The molecular formula is C15H15BrN2O. The third kappa shape index (κ3) is 3.41. The summed E-state index contributed by atoms with van der Waals surface area (Å²) in [4.78, 5) is 16.2. The zero-order valence-corrected chi connectivity index (χ0v) is 12.4. The summed E-state index contributed by atoms with van der Waals surface area (Å²) in [5.41, 5.74) is 2.51. The lowest BCUT2D eigenvalue weighted by atomic mass is 10.0. The fourth-order valence-electron chi connectivity index (χ4n) is 1.84. The molecular weight excluding hydrogens is 304 g/mol. The van der Waals surface area contributed by atoms with Gasteiger partial charge in [-0.1, -0.05) is 32.0 Å². The number of nitrogens with zero attached hydrogens (tertiary/aromatic N) is 1. The van der Waals surface area contributed by atoms with E-state index in [0.717, 1.165) is 15.7 Å². The molecule has 0 atom stereocenters. The number of rotatable bonds is 3. The van der Waals surface area contributed by atoms with E-state index in [1.54, 1.807) is 18.5 Å². The van der Waals surface area contributed by atoms with Crippen LogP contribution in [0.1, 0.15) is 35.7 Å². The summed E-state index contributed by atoms with van der Waals surface area (Å²) in [6.07, 6.45) is 3.21. The summed E-state index contributed by atoms with van der Waals surface area (Å²) in [7, 11) is 0. The molecule has 0 unspecified atom stereocenters. The first-order valence-corrected chi connectivity index (χ1v) is 6.88. The van der Waals surface area contributed by atoms with Crippen LogP contribution in [0.4, 0.5) is 5.69 Å². The fraction of sp³-hybridized carbons (Fsp3) is 0.200. The van der Waals surface area contributed by atoms with Crippen molar-refractivity contribution < 1.29 is 4.79 Å². The summed E-state index contributed by atoms with van der Waals surface area (Å²) in [5.74, 6) is 0.207. The van der Waals surface area contributed by atoms with E-state index in [4.69, 9.17) is 0 Å². The van der Waals surface area contributed by atoms with Crippen molar-refractivity contribution in [2.24, 2.45) is 0 Å². The maximum Gasteiger partial charge on any atom is 0.257 e. The highest BCUT2D eigenvalue weighted by atomic mass is 79.9. The number of hydrogen-bond donors (Lipinski definition) is 1. The van der Waals surface area contributed by atoms with Crippen molar-refractivity contribution in [3.8, 4) is 0 Å². The second-order valence-corrected chi connectivity index (χ2v) is 5.50. The van der Waals surface area contributed by atoms with Crippen molar-refractivity contribution in [2.75, 3.05) is 5.32 Å². The molecule has 0 saturated heterocycles. The zero-order valence-electron chi connectivity index (χ0n) is 10.9. The fourth-order valence-corrected chi connectivity index (χ4v) is 2.21. The number of amides is 1. The van der Waals surface area contributed by atoms with E-state index < -0.39 is 0 Å². The van der Waals surface area contributed by atoms with Crippen LogP contribution in [0, 0.1) is 0 Å². The summed E-state index contributed by atoms with van der Waals surface area (Å²) < 4.78 is 0.789. The van der Waals surface area contributed by atoms with Crippen LogP contribution >= 0.6 is 15.9 Å². The smallest absolute Gasteiger partial charge is 0.257 e. The third-order valence-corrected chi connectivity index (χ3v) is 3.23. The average Bonchev–Trinajstić information content (AvgIpc) is 2.39. The molecule has 2 rings (SSSR count). The van der Waals surface area contributed by atoms with Crippen LogP contribution in [0.2, 0.25) is 0 Å². The molecule has 0 aliphatic rings. The van der Waals surface area contributed by atoms with Crippen molar-refractivity contribution in [3.63, 3.8) is 0 Å². The molecule has 0 spiro atoms. The van der Waals surface area contributed by atoms with Gasteiger partial charge in [0.2, 0.25) is 0 Å². The molecule has 4 heteroatoms. The highest BCUT2D eigenvalue weighted by Gasteiger charge is 2.11. The van der Waals surface area contributed by atoms with Crippen molar-refractivity contribution in [1.29, 1.82) is 0 Å². The minimum absolute atomic E-state index is 0.151. The molecule has 1 aromatic carbocycles. The van der Waals surface area contributed by atoms with Crippen LogP contribution in [0.15, 0.2) is 47.2 Å². The van der Waals surface area contributed by atoms with Crippen LogP contribution in [0.3, 0.4) is 0 Å². The van der Waals surface area contributed by atoms with Gasteiger partial charge in [0.25, 0.3) is 5.91 Å². The summed E-state index contributed by atoms with van der Waals surface area (Å²) >= 11 is 3.31. The van der Waals surface area contributed by atoms with Gasteiger partial charge in [0.1, 0.15) is 0 Å². The molecule has 19 heavy (non-hydrogen) atoms. The Labute approximate surface area is 121 Å². The molecule has 1 aromatic heterocycles. The van der Waals surface area contributed by atoms with Crippen molar-refractivity contribution >= 4 is 27.5 Å². The van der Waals surface area contributed by atoms with Gasteiger partial charge in [-0.25, -0.2) is 0 Å². The molecule has 0 bridgehead atoms. The first kappa shape index (κ1) is 13.7. The van der Waals surface area contributed by atoms with Crippen LogP contribution in [0.25, 0.3) is 0 Å². The number of carbonyl (C=O) groups is 1. The van der Waals surface area contributed by atoms with E-state index >= 15 is 0 Å². The number of carbonyl (C=O) groups excluding carboxylic acids is 1. The monoisotopic (exact) mass is 318 g/mol. The van der Waals surface area contributed by atoms with E-state index in [2.05, 4.69) is 40.1 Å². The first-order valence-electron chi connectivity index (χ1n) is 6.08. The van der Waals surface area contributed by atoms with Crippen LogP contribution < -0.4 is 5.32 Å². The predicted molar refractivity (Wildman–Crippen MR) is 80.4 cm³/mol. The van der Waals surface area contributed by atoms with Crippen molar-refractivity contribution in [3.05, 3.63) is 58.3 Å². The topological polar surface area (TPSA) is 42.0 Å². The van der Waals surface area contributed by atoms with Crippen LogP contribution in [-0.2, 0) is 0 Å². The molecule has 1 N–H and O–H groups in total. The Morgan fingerprint density at radius 3 is 2.68 bits per heavy atom. The second kappa shape index (κ2) is 5.97. The Morgan fingerprint density at radius 2 is 2.00 bits per heavy atom. The van der Waals surface area contributed by atoms with E-state index in [9.17, 15) is 4.79 Å². The molecule has 3 nitrogen and oxygen atoms in total. The molecule has 0 aliphatic heterocycles. The summed E-state index contributed by atoms with van der Waals surface area (Å²) in [6.45, 7) is 4.21. The summed E-state index contributed by atoms with van der Waals surface area (Å²) in [6, 6.07) is 9.59. The maximum atomic E-state index is 12.2. The number of benzene rings is 1. The van der Waals surface area contributed by atoms with Gasteiger partial charge in [0, 0.05) is 22.6 Å². The van der Waals surface area contributed by atoms with E-state index in [1.807, 2.05) is 24.3 Å². The lowest BCUT2D eigenvalue weighted by molar-refractivity contribution is 0.102. The van der Waals surface area contributed by atoms with Gasteiger partial charge in [-0.3, -0.25) is 9.78 Å². The highest BCUT2D eigenvalue weighted by molar-refractivity contribution is 9.10. The minimum atomic E-state index is -0.151. The molecule has 2 aromatic rings. The Balaban J connectivity index is 2.24. The molecule has 0 saturated carbocycles. The number of nitrogens with one attached hydrogen (secondary N) is 1. The lowest BCUT2D eigenvalue weighted by Gasteiger charge is -2.13. The Bertz CT molecular complexity index is 596. The summed E-state index contributed by atoms with van der Waals surface area (Å²) in [5, 5.41) is 2.94. The molecule has 1 amide bonds. The zero-order chi connectivity index (χ0) is 13.8. The number of anilines is 1. The number of halogens is 1. The van der Waals surface area contributed by atoms with Crippen LogP contribution in [-0.4, -0.2) is 10.9 Å². The normalized spacial score (nSPS) is 10.5. The second-order valence-electron chi connectivity index (χ2n) is 4.59. The van der Waals surface area contributed by atoms with Gasteiger partial charge in [0.15, 0.2) is 0 Å². The quantitative estimate of drug-likeness (QED) is 0.920. The van der Waals surface area contributed by atoms with Crippen molar-refractivity contribution in [2.45, 2.75) is 19.8 Å². The van der Waals surface area contributed by atoms with Gasteiger partial charge in [-0.2, -0.15) is 0 Å². The Morgan fingerprint density at radius 1 is 1.26 bits per heavy atom. The van der Waals surface area contributed by atoms with Gasteiger partial charge in [0.05, 0.1) is 5.56 Å². The molecule has 1 heterocycles. The first-order chi connectivity index (χ1) is 9.08. The van der Waals surface area contributed by atoms with Gasteiger partial charge < -0.3 is 5.32 Å². The number of pyridine rings is 1. The van der Waals surface area contributed by atoms with E-state index in [-0.39, 0.29) is 5.91 Å². The minimum Gasteiger partial charge on any atom is -0.322 e.